The topological polar surface area (TPSA) is 52.4 Å². The number of benzene rings is 2. The summed E-state index contributed by atoms with van der Waals surface area (Å²) in [6.07, 6.45) is 5.95. The van der Waals surface area contributed by atoms with Gasteiger partial charge in [-0.05, 0) is 29.7 Å². The van der Waals surface area contributed by atoms with Crippen LogP contribution in [-0.4, -0.2) is 11.5 Å². The highest BCUT2D eigenvalue weighted by atomic mass is 32.2. The van der Waals surface area contributed by atoms with Gasteiger partial charge in [0.15, 0.2) is 0 Å². The Labute approximate surface area is 126 Å². The predicted octanol–water partition coefficient (Wildman–Crippen LogP) is 3.66. The zero-order valence-electron chi connectivity index (χ0n) is 11.0. The molecule has 0 unspecified atom stereocenters. The third-order valence-electron chi connectivity index (χ3n) is 3.22. The molecule has 0 saturated heterocycles. The second-order valence-corrected chi connectivity index (χ2v) is 5.67. The van der Waals surface area contributed by atoms with Crippen molar-refractivity contribution in [1.82, 2.24) is 0 Å². The van der Waals surface area contributed by atoms with E-state index >= 15 is 0 Å². The van der Waals surface area contributed by atoms with Gasteiger partial charge in [0.2, 0.25) is 0 Å². The fourth-order valence-corrected chi connectivity index (χ4v) is 3.35. The van der Waals surface area contributed by atoms with Crippen LogP contribution in [0.2, 0.25) is 0 Å². The van der Waals surface area contributed by atoms with Gasteiger partial charge in [0.25, 0.3) is 5.69 Å². The van der Waals surface area contributed by atoms with E-state index in [1.54, 1.807) is 12.1 Å². The summed E-state index contributed by atoms with van der Waals surface area (Å²) in [6.45, 7) is 0.228. The average molecular weight is 297 g/mol. The summed E-state index contributed by atoms with van der Waals surface area (Å²) in [7, 11) is 0. The zero-order chi connectivity index (χ0) is 14.8. The van der Waals surface area contributed by atoms with E-state index in [0.29, 0.717) is 5.75 Å². The molecule has 4 nitrogen and oxygen atoms in total. The van der Waals surface area contributed by atoms with Gasteiger partial charge in [-0.3, -0.25) is 10.1 Å². The molecule has 104 valence electrons. The van der Waals surface area contributed by atoms with E-state index in [4.69, 9.17) is 11.2 Å². The molecule has 0 fully saturated rings. The molecule has 0 radical (unpaired) electrons. The minimum Gasteiger partial charge on any atom is -0.481 e. The number of fused-ring (bicyclic) bond motifs is 2. The first kappa shape index (κ1) is 13.5. The number of rotatable bonds is 3. The van der Waals surface area contributed by atoms with Crippen LogP contribution in [0.1, 0.15) is 11.1 Å². The Morgan fingerprint density at radius 2 is 1.95 bits per heavy atom. The molecule has 5 heteroatoms. The molecule has 3 rings (SSSR count). The second kappa shape index (κ2) is 5.51. The lowest BCUT2D eigenvalue weighted by molar-refractivity contribution is -0.385. The van der Waals surface area contributed by atoms with Gasteiger partial charge in [-0.2, -0.15) is 0 Å². The molecule has 1 heterocycles. The number of hydrogen-bond acceptors (Lipinski definition) is 4. The summed E-state index contributed by atoms with van der Waals surface area (Å²) < 4.78 is 5.41. The first-order valence-corrected chi connectivity index (χ1v) is 7.13. The molecular weight excluding hydrogens is 286 g/mol. The molecule has 2 aromatic rings. The largest absolute Gasteiger partial charge is 0.481 e. The van der Waals surface area contributed by atoms with E-state index in [-0.39, 0.29) is 17.2 Å². The van der Waals surface area contributed by atoms with Crippen molar-refractivity contribution in [3.63, 3.8) is 0 Å². The quantitative estimate of drug-likeness (QED) is 0.420. The smallest absolute Gasteiger partial charge is 0.270 e. The third kappa shape index (κ3) is 2.71. The van der Waals surface area contributed by atoms with E-state index in [0.717, 1.165) is 21.8 Å². The maximum atomic E-state index is 10.9. The number of nitro groups is 1. The summed E-state index contributed by atoms with van der Waals surface area (Å²) >= 11 is 1.53. The SMILES string of the molecule is C#CCOc1ccc2c(c1)Sc1cc([N+](=O)[O-])ccc1C2. The van der Waals surface area contributed by atoms with Crippen LogP contribution < -0.4 is 4.74 Å². The maximum absolute atomic E-state index is 10.9. The van der Waals surface area contributed by atoms with Crippen LogP contribution in [0, 0.1) is 22.5 Å². The first-order valence-electron chi connectivity index (χ1n) is 6.32. The summed E-state index contributed by atoms with van der Waals surface area (Å²) in [4.78, 5) is 12.5. The molecule has 0 spiro atoms. The molecule has 0 amide bonds. The van der Waals surface area contributed by atoms with Crippen LogP contribution in [-0.2, 0) is 6.42 Å². The molecule has 0 aliphatic carbocycles. The zero-order valence-corrected chi connectivity index (χ0v) is 11.9. The number of non-ortho nitro benzene ring substituents is 1. The average Bonchev–Trinajstić information content (AvgIpc) is 2.50. The van der Waals surface area contributed by atoms with Crippen LogP contribution in [0.25, 0.3) is 0 Å². The van der Waals surface area contributed by atoms with Crippen molar-refractivity contribution in [1.29, 1.82) is 0 Å². The van der Waals surface area contributed by atoms with Crippen LogP contribution in [0.15, 0.2) is 46.2 Å². The van der Waals surface area contributed by atoms with Gasteiger partial charge in [0.05, 0.1) is 4.92 Å². The third-order valence-corrected chi connectivity index (χ3v) is 4.42. The summed E-state index contributed by atoms with van der Waals surface area (Å²) in [5.41, 5.74) is 2.41. The molecule has 1 aliphatic rings. The number of nitro benzene ring substituents is 1. The van der Waals surface area contributed by atoms with E-state index in [1.165, 1.54) is 17.3 Å². The molecule has 1 aliphatic heterocycles. The number of ether oxygens (including phenoxy) is 1. The summed E-state index contributed by atoms with van der Waals surface area (Å²) in [5, 5.41) is 10.9. The van der Waals surface area contributed by atoms with E-state index in [2.05, 4.69) is 5.92 Å². The highest BCUT2D eigenvalue weighted by molar-refractivity contribution is 7.99. The van der Waals surface area contributed by atoms with Crippen molar-refractivity contribution >= 4 is 17.4 Å². The lowest BCUT2D eigenvalue weighted by Crippen LogP contribution is -2.02. The second-order valence-electron chi connectivity index (χ2n) is 4.59. The maximum Gasteiger partial charge on any atom is 0.270 e. The van der Waals surface area contributed by atoms with Crippen LogP contribution >= 0.6 is 11.8 Å². The fraction of sp³-hybridized carbons (Fsp3) is 0.125. The van der Waals surface area contributed by atoms with Crippen molar-refractivity contribution in [3.05, 3.63) is 57.6 Å². The lowest BCUT2D eigenvalue weighted by Gasteiger charge is -2.19. The van der Waals surface area contributed by atoms with Gasteiger partial charge in [0, 0.05) is 21.9 Å². The van der Waals surface area contributed by atoms with Crippen molar-refractivity contribution in [2.75, 3.05) is 6.61 Å². The normalized spacial score (nSPS) is 12.0. The van der Waals surface area contributed by atoms with E-state index < -0.39 is 0 Å². The van der Waals surface area contributed by atoms with E-state index in [9.17, 15) is 10.1 Å². The molecule has 0 aromatic heterocycles. The highest BCUT2D eigenvalue weighted by Crippen LogP contribution is 2.42. The van der Waals surface area contributed by atoms with E-state index in [1.807, 2.05) is 24.3 Å². The van der Waals surface area contributed by atoms with Crippen LogP contribution in [0.3, 0.4) is 0 Å². The Hall–Kier alpha value is -2.45. The minimum absolute atomic E-state index is 0.115. The van der Waals surface area contributed by atoms with Crippen molar-refractivity contribution in [2.24, 2.45) is 0 Å². The molecule has 0 bridgehead atoms. The van der Waals surface area contributed by atoms with Gasteiger partial charge in [0.1, 0.15) is 12.4 Å². The van der Waals surface area contributed by atoms with Gasteiger partial charge in [-0.25, -0.2) is 0 Å². The van der Waals surface area contributed by atoms with Crippen molar-refractivity contribution < 1.29 is 9.66 Å². The van der Waals surface area contributed by atoms with Crippen molar-refractivity contribution in [2.45, 2.75) is 16.2 Å². The van der Waals surface area contributed by atoms with Crippen LogP contribution in [0.4, 0.5) is 5.69 Å². The Kier molecular flexibility index (Phi) is 3.55. The number of nitrogens with zero attached hydrogens (tertiary/aromatic N) is 1. The summed E-state index contributed by atoms with van der Waals surface area (Å²) in [6, 6.07) is 10.8. The Balaban J connectivity index is 1.92. The predicted molar refractivity (Wildman–Crippen MR) is 80.8 cm³/mol. The molecule has 0 N–H and O–H groups in total. The monoisotopic (exact) mass is 297 g/mol. The number of hydrogen-bond donors (Lipinski definition) is 0. The molecule has 0 atom stereocenters. The van der Waals surface area contributed by atoms with Gasteiger partial charge < -0.3 is 4.74 Å². The Morgan fingerprint density at radius 1 is 1.24 bits per heavy atom. The minimum atomic E-state index is -0.372. The van der Waals surface area contributed by atoms with Gasteiger partial charge in [-0.1, -0.05) is 29.8 Å². The Morgan fingerprint density at radius 3 is 2.67 bits per heavy atom. The highest BCUT2D eigenvalue weighted by Gasteiger charge is 2.19. The van der Waals surface area contributed by atoms with Crippen molar-refractivity contribution in [3.8, 4) is 18.1 Å². The van der Waals surface area contributed by atoms with Gasteiger partial charge in [-0.15, -0.1) is 6.42 Å². The molecular formula is C16H11NO3S. The standard InChI is InChI=1S/C16H11NO3S/c1-2-7-20-14-6-4-12-8-11-3-5-13(17(18)19)9-15(11)21-16(12)10-14/h1,3-6,9-10H,7-8H2. The fourth-order valence-electron chi connectivity index (χ4n) is 2.21. The molecule has 21 heavy (non-hydrogen) atoms. The Bertz CT molecular complexity index is 765. The summed E-state index contributed by atoms with van der Waals surface area (Å²) in [5.74, 6) is 3.14. The molecule has 0 saturated carbocycles. The lowest BCUT2D eigenvalue weighted by atomic mass is 10.0. The van der Waals surface area contributed by atoms with Gasteiger partial charge >= 0.3 is 0 Å². The number of terminal acetylenes is 1. The first-order chi connectivity index (χ1) is 10.2. The molecule has 2 aromatic carbocycles. The van der Waals surface area contributed by atoms with Crippen LogP contribution in [0.5, 0.6) is 5.75 Å².